The lowest BCUT2D eigenvalue weighted by atomic mass is 9.90. The maximum absolute atomic E-state index is 12.8. The first-order chi connectivity index (χ1) is 11.9. The lowest BCUT2D eigenvalue weighted by Crippen LogP contribution is -2.05. The molecule has 130 valence electrons. The number of benzene rings is 3. The van der Waals surface area contributed by atoms with Gasteiger partial charge in [0, 0.05) is 0 Å². The fourth-order valence-electron chi connectivity index (χ4n) is 3.35. The van der Waals surface area contributed by atoms with E-state index in [1.165, 1.54) is 28.5 Å². The minimum atomic E-state index is -4.27. The van der Waals surface area contributed by atoms with Crippen molar-refractivity contribution >= 4 is 10.8 Å². The van der Waals surface area contributed by atoms with Crippen molar-refractivity contribution in [3.8, 4) is 0 Å². The van der Waals surface area contributed by atoms with Gasteiger partial charge in [-0.15, -0.1) is 0 Å². The highest BCUT2D eigenvalue weighted by molar-refractivity contribution is 5.86. The molecule has 0 saturated heterocycles. The summed E-state index contributed by atoms with van der Waals surface area (Å²) < 4.78 is 38.4. The summed E-state index contributed by atoms with van der Waals surface area (Å²) in [6, 6.07) is 20.3. The van der Waals surface area contributed by atoms with E-state index in [0.717, 1.165) is 24.5 Å². The number of hydrogen-bond donors (Lipinski definition) is 0. The molecule has 0 spiro atoms. The molecular formula is C22H21F3. The Balaban J connectivity index is 1.66. The summed E-state index contributed by atoms with van der Waals surface area (Å²) in [6.45, 7) is 2.19. The molecule has 0 heterocycles. The molecule has 25 heavy (non-hydrogen) atoms. The molecule has 0 nitrogen and oxygen atoms in total. The molecule has 0 aliphatic carbocycles. The van der Waals surface area contributed by atoms with Gasteiger partial charge in [-0.1, -0.05) is 67.6 Å². The molecule has 1 atom stereocenters. The zero-order chi connectivity index (χ0) is 17.9. The van der Waals surface area contributed by atoms with Crippen molar-refractivity contribution in [1.82, 2.24) is 0 Å². The molecule has 0 amide bonds. The topological polar surface area (TPSA) is 0 Å². The summed E-state index contributed by atoms with van der Waals surface area (Å²) in [5.74, 6) is 0.372. The van der Waals surface area contributed by atoms with Crippen LogP contribution in [-0.2, 0) is 12.6 Å². The van der Waals surface area contributed by atoms with Crippen molar-refractivity contribution < 1.29 is 13.2 Å². The third-order valence-electron chi connectivity index (χ3n) is 4.71. The molecule has 0 saturated carbocycles. The first-order valence-electron chi connectivity index (χ1n) is 8.59. The predicted octanol–water partition coefficient (Wildman–Crippen LogP) is 6.99. The first-order valence-corrected chi connectivity index (χ1v) is 8.59. The van der Waals surface area contributed by atoms with Gasteiger partial charge in [0.15, 0.2) is 0 Å². The number of alkyl halides is 3. The van der Waals surface area contributed by atoms with Gasteiger partial charge in [-0.05, 0) is 53.1 Å². The summed E-state index contributed by atoms with van der Waals surface area (Å²) in [5.41, 5.74) is 1.49. The van der Waals surface area contributed by atoms with E-state index in [9.17, 15) is 13.2 Å². The summed E-state index contributed by atoms with van der Waals surface area (Å²) in [7, 11) is 0. The minimum Gasteiger partial charge on any atom is -0.166 e. The van der Waals surface area contributed by atoms with E-state index in [-0.39, 0.29) is 0 Å². The van der Waals surface area contributed by atoms with Crippen LogP contribution in [0.5, 0.6) is 0 Å². The van der Waals surface area contributed by atoms with Gasteiger partial charge in [-0.2, -0.15) is 13.2 Å². The Morgan fingerprint density at radius 3 is 2.40 bits per heavy atom. The van der Waals surface area contributed by atoms with Crippen molar-refractivity contribution in [3.63, 3.8) is 0 Å². The Kier molecular flexibility index (Phi) is 5.12. The van der Waals surface area contributed by atoms with Crippen LogP contribution >= 0.6 is 0 Å². The van der Waals surface area contributed by atoms with E-state index < -0.39 is 11.7 Å². The van der Waals surface area contributed by atoms with Gasteiger partial charge in [0.1, 0.15) is 0 Å². The third kappa shape index (κ3) is 4.22. The fraction of sp³-hybridized carbons (Fsp3) is 0.273. The number of hydrogen-bond acceptors (Lipinski definition) is 0. The lowest BCUT2D eigenvalue weighted by molar-refractivity contribution is -0.137. The molecule has 3 rings (SSSR count). The molecule has 3 aromatic rings. The molecule has 3 aromatic carbocycles. The standard InChI is InChI=1S/C22H21F3/c1-16(20-14-6-11-18-10-2-3-13-21(18)20)7-4-8-17-9-5-12-19(15-17)22(23,24)25/h2-3,5-6,9-16H,4,7-8H2,1H3. The summed E-state index contributed by atoms with van der Waals surface area (Å²) in [5, 5.41) is 2.49. The summed E-state index contributed by atoms with van der Waals surface area (Å²) >= 11 is 0. The smallest absolute Gasteiger partial charge is 0.166 e. The molecule has 1 unspecified atom stereocenters. The van der Waals surface area contributed by atoms with E-state index in [2.05, 4.69) is 37.3 Å². The van der Waals surface area contributed by atoms with E-state index in [1.54, 1.807) is 6.07 Å². The molecule has 0 bridgehead atoms. The summed E-state index contributed by atoms with van der Waals surface area (Å²) in [6.07, 6.45) is -1.79. The zero-order valence-electron chi connectivity index (χ0n) is 14.2. The van der Waals surface area contributed by atoms with Gasteiger partial charge < -0.3 is 0 Å². The Hall–Kier alpha value is -2.29. The van der Waals surface area contributed by atoms with Gasteiger partial charge in [0.2, 0.25) is 0 Å². The minimum absolute atomic E-state index is 0.372. The van der Waals surface area contributed by atoms with Crippen LogP contribution in [0.15, 0.2) is 66.7 Å². The normalized spacial score (nSPS) is 13.1. The number of aryl methyl sites for hydroxylation is 1. The van der Waals surface area contributed by atoms with Gasteiger partial charge >= 0.3 is 6.18 Å². The van der Waals surface area contributed by atoms with Gasteiger partial charge in [-0.3, -0.25) is 0 Å². The second-order valence-electron chi connectivity index (χ2n) is 6.56. The number of rotatable bonds is 5. The van der Waals surface area contributed by atoms with Crippen molar-refractivity contribution in [3.05, 3.63) is 83.4 Å². The third-order valence-corrected chi connectivity index (χ3v) is 4.71. The van der Waals surface area contributed by atoms with Crippen molar-refractivity contribution in [1.29, 1.82) is 0 Å². The predicted molar refractivity (Wildman–Crippen MR) is 96.7 cm³/mol. The van der Waals surface area contributed by atoms with Crippen LogP contribution in [0.3, 0.4) is 0 Å². The van der Waals surface area contributed by atoms with Crippen LogP contribution in [0, 0.1) is 0 Å². The van der Waals surface area contributed by atoms with E-state index in [0.29, 0.717) is 12.3 Å². The second kappa shape index (κ2) is 7.30. The Labute approximate surface area is 146 Å². The molecule has 0 radical (unpaired) electrons. The fourth-order valence-corrected chi connectivity index (χ4v) is 3.35. The van der Waals surface area contributed by atoms with E-state index in [4.69, 9.17) is 0 Å². The molecule has 0 aliphatic heterocycles. The Morgan fingerprint density at radius 1 is 0.880 bits per heavy atom. The largest absolute Gasteiger partial charge is 0.416 e. The van der Waals surface area contributed by atoms with Crippen molar-refractivity contribution in [2.75, 3.05) is 0 Å². The highest BCUT2D eigenvalue weighted by atomic mass is 19.4. The number of halogens is 3. The molecule has 0 aliphatic rings. The molecule has 0 N–H and O–H groups in total. The van der Waals surface area contributed by atoms with Crippen LogP contribution in [0.25, 0.3) is 10.8 Å². The van der Waals surface area contributed by atoms with Crippen LogP contribution in [0.4, 0.5) is 13.2 Å². The quantitative estimate of drug-likeness (QED) is 0.469. The second-order valence-corrected chi connectivity index (χ2v) is 6.56. The highest BCUT2D eigenvalue weighted by Gasteiger charge is 2.30. The van der Waals surface area contributed by atoms with E-state index >= 15 is 0 Å². The molecule has 3 heteroatoms. The lowest BCUT2D eigenvalue weighted by Gasteiger charge is -2.15. The number of fused-ring (bicyclic) bond motifs is 1. The highest BCUT2D eigenvalue weighted by Crippen LogP contribution is 2.31. The summed E-state index contributed by atoms with van der Waals surface area (Å²) in [4.78, 5) is 0. The van der Waals surface area contributed by atoms with Crippen LogP contribution in [-0.4, -0.2) is 0 Å². The van der Waals surface area contributed by atoms with Crippen LogP contribution in [0.1, 0.15) is 42.4 Å². The first kappa shape index (κ1) is 17.5. The van der Waals surface area contributed by atoms with Crippen molar-refractivity contribution in [2.45, 2.75) is 38.3 Å². The van der Waals surface area contributed by atoms with E-state index in [1.807, 2.05) is 12.1 Å². The SMILES string of the molecule is CC(CCCc1cccc(C(F)(F)F)c1)c1cccc2ccccc12. The van der Waals surface area contributed by atoms with Gasteiger partial charge in [0.25, 0.3) is 0 Å². The van der Waals surface area contributed by atoms with Gasteiger partial charge in [0.05, 0.1) is 5.56 Å². The van der Waals surface area contributed by atoms with Crippen molar-refractivity contribution in [2.24, 2.45) is 0 Å². The zero-order valence-corrected chi connectivity index (χ0v) is 14.2. The average molecular weight is 342 g/mol. The Morgan fingerprint density at radius 2 is 1.60 bits per heavy atom. The Bertz CT molecular complexity index is 844. The maximum Gasteiger partial charge on any atom is 0.416 e. The average Bonchev–Trinajstić information content (AvgIpc) is 2.60. The maximum atomic E-state index is 12.8. The van der Waals surface area contributed by atoms with Gasteiger partial charge in [-0.25, -0.2) is 0 Å². The van der Waals surface area contributed by atoms with Crippen LogP contribution < -0.4 is 0 Å². The molecule has 0 fully saturated rings. The molecule has 0 aromatic heterocycles. The monoisotopic (exact) mass is 342 g/mol. The molecular weight excluding hydrogens is 321 g/mol. The van der Waals surface area contributed by atoms with Crippen LogP contribution in [0.2, 0.25) is 0 Å².